The molecule has 0 saturated carbocycles. The van der Waals surface area contributed by atoms with E-state index in [0.29, 0.717) is 0 Å². The van der Waals surface area contributed by atoms with Crippen LogP contribution in [0.5, 0.6) is 0 Å². The van der Waals surface area contributed by atoms with Crippen molar-refractivity contribution >= 4 is 22.7 Å². The predicted molar refractivity (Wildman–Crippen MR) is 62.0 cm³/mol. The van der Waals surface area contributed by atoms with Gasteiger partial charge in [-0.25, -0.2) is 4.98 Å². The molecule has 0 fully saturated rings. The van der Waals surface area contributed by atoms with Crippen molar-refractivity contribution in [1.82, 2.24) is 10.3 Å². The Labute approximate surface area is 91.6 Å². The lowest BCUT2D eigenvalue weighted by molar-refractivity contribution is 0.629. The van der Waals surface area contributed by atoms with Gasteiger partial charge in [-0.3, -0.25) is 0 Å². The highest BCUT2D eigenvalue weighted by atomic mass is 32.1. The second kappa shape index (κ2) is 4.68. The fraction of sp³-hybridized carbons (Fsp3) is 0.300. The van der Waals surface area contributed by atoms with Crippen molar-refractivity contribution in [3.63, 3.8) is 0 Å². The van der Waals surface area contributed by atoms with Crippen LogP contribution in [0.1, 0.15) is 23.5 Å². The van der Waals surface area contributed by atoms with E-state index < -0.39 is 0 Å². The minimum atomic E-state index is 0.270. The van der Waals surface area contributed by atoms with Crippen molar-refractivity contribution < 1.29 is 0 Å². The normalized spacial score (nSPS) is 12.9. The van der Waals surface area contributed by atoms with Gasteiger partial charge in [0.25, 0.3) is 0 Å². The van der Waals surface area contributed by atoms with Crippen molar-refractivity contribution in [3.05, 3.63) is 39.0 Å². The summed E-state index contributed by atoms with van der Waals surface area (Å²) < 4.78 is 0. The van der Waals surface area contributed by atoms with Crippen molar-refractivity contribution in [2.75, 3.05) is 6.54 Å². The number of hydrogen-bond acceptors (Lipinski definition) is 4. The molecule has 1 N–H and O–H groups in total. The minimum absolute atomic E-state index is 0.270. The number of nitrogens with one attached hydrogen (secondary N) is 1. The second-order valence-corrected chi connectivity index (χ2v) is 4.62. The smallest absolute Gasteiger partial charge is 0.114 e. The Morgan fingerprint density at radius 1 is 1.50 bits per heavy atom. The molecule has 2 nitrogen and oxygen atoms in total. The highest BCUT2D eigenvalue weighted by Gasteiger charge is 2.15. The number of thiazole rings is 1. The van der Waals surface area contributed by atoms with Crippen molar-refractivity contribution in [1.29, 1.82) is 0 Å². The molecule has 2 heterocycles. The first-order chi connectivity index (χ1) is 6.92. The third-order valence-corrected chi connectivity index (χ3v) is 3.53. The maximum Gasteiger partial charge on any atom is 0.114 e. The topological polar surface area (TPSA) is 24.9 Å². The zero-order chi connectivity index (χ0) is 9.80. The van der Waals surface area contributed by atoms with Gasteiger partial charge in [-0.15, -0.1) is 11.3 Å². The van der Waals surface area contributed by atoms with E-state index in [1.807, 2.05) is 11.6 Å². The summed E-state index contributed by atoms with van der Waals surface area (Å²) >= 11 is 3.43. The van der Waals surface area contributed by atoms with Gasteiger partial charge in [-0.1, -0.05) is 6.92 Å². The number of aromatic nitrogens is 1. The summed E-state index contributed by atoms with van der Waals surface area (Å²) in [6.45, 7) is 3.08. The molecule has 0 aliphatic rings. The van der Waals surface area contributed by atoms with E-state index in [1.54, 1.807) is 22.7 Å². The zero-order valence-corrected chi connectivity index (χ0v) is 9.57. The molecule has 4 heteroatoms. The molecule has 1 unspecified atom stereocenters. The van der Waals surface area contributed by atoms with Gasteiger partial charge in [0.1, 0.15) is 5.01 Å². The predicted octanol–water partition coefficient (Wildman–Crippen LogP) is 2.90. The summed E-state index contributed by atoms with van der Waals surface area (Å²) in [5.41, 5.74) is 1.31. The highest BCUT2D eigenvalue weighted by molar-refractivity contribution is 7.09. The van der Waals surface area contributed by atoms with Gasteiger partial charge in [0.15, 0.2) is 0 Å². The molecule has 0 aromatic carbocycles. The van der Waals surface area contributed by atoms with E-state index in [1.165, 1.54) is 5.56 Å². The van der Waals surface area contributed by atoms with Crippen molar-refractivity contribution in [2.45, 2.75) is 13.0 Å². The van der Waals surface area contributed by atoms with E-state index in [4.69, 9.17) is 0 Å². The van der Waals surface area contributed by atoms with E-state index in [9.17, 15) is 0 Å². The van der Waals surface area contributed by atoms with Crippen LogP contribution in [0, 0.1) is 0 Å². The van der Waals surface area contributed by atoms with Gasteiger partial charge in [0.05, 0.1) is 6.04 Å². The molecule has 2 aromatic rings. The Morgan fingerprint density at radius 2 is 2.43 bits per heavy atom. The molecule has 14 heavy (non-hydrogen) atoms. The molecule has 0 aliphatic carbocycles. The van der Waals surface area contributed by atoms with Gasteiger partial charge >= 0.3 is 0 Å². The Hall–Kier alpha value is -0.710. The lowest BCUT2D eigenvalue weighted by Gasteiger charge is -2.13. The third kappa shape index (κ3) is 2.03. The van der Waals surface area contributed by atoms with Crippen LogP contribution >= 0.6 is 22.7 Å². The molecule has 74 valence electrons. The van der Waals surface area contributed by atoms with Crippen LogP contribution in [0.15, 0.2) is 28.4 Å². The molecule has 0 radical (unpaired) electrons. The summed E-state index contributed by atoms with van der Waals surface area (Å²) in [6, 6.07) is 2.42. The maximum absolute atomic E-state index is 4.35. The Kier molecular flexibility index (Phi) is 3.29. The Bertz CT molecular complexity index is 319. The number of hydrogen-bond donors (Lipinski definition) is 1. The minimum Gasteiger partial charge on any atom is -0.305 e. The molecule has 1 atom stereocenters. The van der Waals surface area contributed by atoms with Crippen LogP contribution in [0.25, 0.3) is 0 Å². The lowest BCUT2D eigenvalue weighted by Crippen LogP contribution is -2.21. The molecule has 0 spiro atoms. The van der Waals surface area contributed by atoms with Gasteiger partial charge in [0.2, 0.25) is 0 Å². The van der Waals surface area contributed by atoms with Gasteiger partial charge in [0, 0.05) is 11.6 Å². The maximum atomic E-state index is 4.35. The van der Waals surface area contributed by atoms with Crippen LogP contribution in [0.4, 0.5) is 0 Å². The van der Waals surface area contributed by atoms with Crippen LogP contribution < -0.4 is 5.32 Å². The fourth-order valence-electron chi connectivity index (χ4n) is 1.37. The first-order valence-corrected chi connectivity index (χ1v) is 6.39. The molecule has 2 aromatic heterocycles. The standard InChI is InChI=1S/C10H12N2S2/c1-2-11-9(8-3-5-13-7-8)10-12-4-6-14-10/h3-7,9,11H,2H2,1H3. The molecule has 0 saturated heterocycles. The second-order valence-electron chi connectivity index (χ2n) is 2.92. The number of thiophene rings is 1. The largest absolute Gasteiger partial charge is 0.305 e. The van der Waals surface area contributed by atoms with E-state index in [0.717, 1.165) is 11.6 Å². The highest BCUT2D eigenvalue weighted by Crippen LogP contribution is 2.25. The van der Waals surface area contributed by atoms with Gasteiger partial charge < -0.3 is 5.32 Å². The average Bonchev–Trinajstić information content (AvgIpc) is 2.87. The van der Waals surface area contributed by atoms with Crippen LogP contribution in [0.3, 0.4) is 0 Å². The van der Waals surface area contributed by atoms with Crippen LogP contribution in [0.2, 0.25) is 0 Å². The molecule has 0 bridgehead atoms. The van der Waals surface area contributed by atoms with Gasteiger partial charge in [-0.2, -0.15) is 11.3 Å². The van der Waals surface area contributed by atoms with Crippen LogP contribution in [-0.2, 0) is 0 Å². The zero-order valence-electron chi connectivity index (χ0n) is 7.93. The Balaban J connectivity index is 2.25. The first-order valence-electron chi connectivity index (χ1n) is 4.56. The summed E-state index contributed by atoms with van der Waals surface area (Å²) in [4.78, 5) is 4.35. The average molecular weight is 224 g/mol. The van der Waals surface area contributed by atoms with Gasteiger partial charge in [-0.05, 0) is 28.9 Å². The monoisotopic (exact) mass is 224 g/mol. The Morgan fingerprint density at radius 3 is 3.00 bits per heavy atom. The first kappa shape index (κ1) is 9.83. The number of nitrogens with zero attached hydrogens (tertiary/aromatic N) is 1. The molecule has 2 rings (SSSR count). The van der Waals surface area contributed by atoms with E-state index >= 15 is 0 Å². The summed E-state index contributed by atoms with van der Waals surface area (Å²) in [5, 5.41) is 10.9. The summed E-state index contributed by atoms with van der Waals surface area (Å²) in [5.74, 6) is 0. The third-order valence-electron chi connectivity index (χ3n) is 1.98. The van der Waals surface area contributed by atoms with Crippen molar-refractivity contribution in [2.24, 2.45) is 0 Å². The quantitative estimate of drug-likeness (QED) is 0.863. The fourth-order valence-corrected chi connectivity index (χ4v) is 2.79. The summed E-state index contributed by atoms with van der Waals surface area (Å²) in [7, 11) is 0. The molecule has 0 amide bonds. The number of rotatable bonds is 4. The van der Waals surface area contributed by atoms with Crippen LogP contribution in [-0.4, -0.2) is 11.5 Å². The molecular formula is C10H12N2S2. The lowest BCUT2D eigenvalue weighted by atomic mass is 10.1. The molecule has 0 aliphatic heterocycles. The molecular weight excluding hydrogens is 212 g/mol. The van der Waals surface area contributed by atoms with E-state index in [-0.39, 0.29) is 6.04 Å². The summed E-state index contributed by atoms with van der Waals surface area (Å²) in [6.07, 6.45) is 1.86. The SMILES string of the molecule is CCNC(c1ccsc1)c1nccs1. The van der Waals surface area contributed by atoms with E-state index in [2.05, 4.69) is 34.1 Å². The van der Waals surface area contributed by atoms with Crippen molar-refractivity contribution in [3.8, 4) is 0 Å².